The van der Waals surface area contributed by atoms with Crippen molar-refractivity contribution < 1.29 is 4.79 Å². The molecule has 2 nitrogen and oxygen atoms in total. The minimum absolute atomic E-state index is 0.136. The van der Waals surface area contributed by atoms with Crippen LogP contribution in [0.3, 0.4) is 0 Å². The van der Waals surface area contributed by atoms with E-state index in [-0.39, 0.29) is 5.41 Å². The van der Waals surface area contributed by atoms with E-state index in [0.717, 1.165) is 36.7 Å². The summed E-state index contributed by atoms with van der Waals surface area (Å²) >= 11 is 3.45. The van der Waals surface area contributed by atoms with Gasteiger partial charge in [-0.15, -0.1) is 0 Å². The molecule has 18 heavy (non-hydrogen) atoms. The Balaban J connectivity index is 2.04. The van der Waals surface area contributed by atoms with Crippen LogP contribution in [0.1, 0.15) is 32.6 Å². The Hall–Kier alpha value is -0.830. The standard InChI is InChI=1S/C15H20BrNO/c1-15(9-3-4-14(18)10-15)11-17(2)13-7-5-12(16)6-8-13/h5-8H,3-4,9-11H2,1-2H3/t15-/m0/s1. The molecule has 1 saturated carbocycles. The predicted octanol–water partition coefficient (Wildman–Crippen LogP) is 4.03. The molecule has 1 aromatic rings. The van der Waals surface area contributed by atoms with Gasteiger partial charge in [-0.05, 0) is 42.5 Å². The summed E-state index contributed by atoms with van der Waals surface area (Å²) in [4.78, 5) is 13.9. The Morgan fingerprint density at radius 2 is 2.00 bits per heavy atom. The smallest absolute Gasteiger partial charge is 0.133 e. The third kappa shape index (κ3) is 3.35. The van der Waals surface area contributed by atoms with Gasteiger partial charge in [0, 0.05) is 36.6 Å². The number of carbonyl (C=O) groups excluding carboxylic acids is 1. The first-order chi connectivity index (χ1) is 8.48. The lowest BCUT2D eigenvalue weighted by Gasteiger charge is -2.37. The molecule has 0 amide bonds. The van der Waals surface area contributed by atoms with Gasteiger partial charge in [-0.3, -0.25) is 4.79 Å². The van der Waals surface area contributed by atoms with Gasteiger partial charge < -0.3 is 4.90 Å². The highest BCUT2D eigenvalue weighted by Crippen LogP contribution is 2.35. The number of benzene rings is 1. The zero-order valence-corrected chi connectivity index (χ0v) is 12.7. The fourth-order valence-electron chi connectivity index (χ4n) is 2.86. The summed E-state index contributed by atoms with van der Waals surface area (Å²) in [6.45, 7) is 3.18. The zero-order valence-electron chi connectivity index (χ0n) is 11.1. The van der Waals surface area contributed by atoms with Gasteiger partial charge >= 0.3 is 0 Å². The van der Waals surface area contributed by atoms with Crippen molar-refractivity contribution in [2.45, 2.75) is 32.6 Å². The van der Waals surface area contributed by atoms with Crippen LogP contribution in [0.4, 0.5) is 5.69 Å². The maximum atomic E-state index is 11.6. The minimum atomic E-state index is 0.136. The molecule has 1 fully saturated rings. The Bertz CT molecular complexity index is 429. The summed E-state index contributed by atoms with van der Waals surface area (Å²) in [6.07, 6.45) is 3.70. The Morgan fingerprint density at radius 1 is 1.33 bits per heavy atom. The van der Waals surface area contributed by atoms with Crippen molar-refractivity contribution in [3.63, 3.8) is 0 Å². The monoisotopic (exact) mass is 309 g/mol. The van der Waals surface area contributed by atoms with Crippen molar-refractivity contribution in [2.24, 2.45) is 5.41 Å². The van der Waals surface area contributed by atoms with E-state index < -0.39 is 0 Å². The molecule has 0 aromatic heterocycles. The van der Waals surface area contributed by atoms with Gasteiger partial charge in [-0.2, -0.15) is 0 Å². The van der Waals surface area contributed by atoms with Crippen LogP contribution in [0.25, 0.3) is 0 Å². The number of rotatable bonds is 3. The van der Waals surface area contributed by atoms with E-state index in [0.29, 0.717) is 5.78 Å². The first-order valence-electron chi connectivity index (χ1n) is 6.47. The molecule has 0 saturated heterocycles. The molecule has 98 valence electrons. The second-order valence-corrected chi connectivity index (χ2v) is 6.63. The third-order valence-electron chi connectivity index (χ3n) is 3.75. The van der Waals surface area contributed by atoms with E-state index in [2.05, 4.69) is 59.1 Å². The lowest BCUT2D eigenvalue weighted by molar-refractivity contribution is -0.123. The van der Waals surface area contributed by atoms with E-state index >= 15 is 0 Å². The fraction of sp³-hybridized carbons (Fsp3) is 0.533. The molecule has 0 bridgehead atoms. The maximum Gasteiger partial charge on any atom is 0.133 e. The zero-order chi connectivity index (χ0) is 13.2. The molecular weight excluding hydrogens is 290 g/mol. The second-order valence-electron chi connectivity index (χ2n) is 5.71. The SMILES string of the molecule is CN(C[C@@]1(C)CCCC(=O)C1)c1ccc(Br)cc1. The molecule has 0 spiro atoms. The van der Waals surface area contributed by atoms with E-state index in [4.69, 9.17) is 0 Å². The summed E-state index contributed by atoms with van der Waals surface area (Å²) in [5.41, 5.74) is 1.34. The fourth-order valence-corrected chi connectivity index (χ4v) is 3.12. The first kappa shape index (κ1) is 13.6. The highest BCUT2D eigenvalue weighted by molar-refractivity contribution is 9.10. The Labute approximate surface area is 117 Å². The highest BCUT2D eigenvalue weighted by atomic mass is 79.9. The van der Waals surface area contributed by atoms with E-state index in [1.54, 1.807) is 0 Å². The molecule has 1 atom stereocenters. The van der Waals surface area contributed by atoms with Gasteiger partial charge in [0.05, 0.1) is 0 Å². The summed E-state index contributed by atoms with van der Waals surface area (Å²) in [5.74, 6) is 0.424. The normalized spacial score (nSPS) is 24.1. The molecule has 1 aromatic carbocycles. The minimum Gasteiger partial charge on any atom is -0.374 e. The molecule has 2 rings (SSSR count). The number of hydrogen-bond acceptors (Lipinski definition) is 2. The highest BCUT2D eigenvalue weighted by Gasteiger charge is 2.32. The number of hydrogen-bond donors (Lipinski definition) is 0. The van der Waals surface area contributed by atoms with Crippen molar-refractivity contribution >= 4 is 27.4 Å². The summed E-state index contributed by atoms with van der Waals surface area (Å²) in [6, 6.07) is 8.33. The van der Waals surface area contributed by atoms with Crippen molar-refractivity contribution in [1.29, 1.82) is 0 Å². The lowest BCUT2D eigenvalue weighted by atomic mass is 9.75. The predicted molar refractivity (Wildman–Crippen MR) is 79.0 cm³/mol. The Kier molecular flexibility index (Phi) is 4.10. The average Bonchev–Trinajstić information content (AvgIpc) is 2.28. The third-order valence-corrected chi connectivity index (χ3v) is 4.27. The molecule has 1 aliphatic rings. The van der Waals surface area contributed by atoms with Crippen molar-refractivity contribution in [1.82, 2.24) is 0 Å². The second kappa shape index (κ2) is 5.43. The van der Waals surface area contributed by atoms with E-state index in [1.807, 2.05) is 0 Å². The van der Waals surface area contributed by atoms with Crippen LogP contribution in [-0.4, -0.2) is 19.4 Å². The van der Waals surface area contributed by atoms with Crippen LogP contribution in [0.2, 0.25) is 0 Å². The summed E-state index contributed by atoms with van der Waals surface area (Å²) in [7, 11) is 2.10. The molecule has 0 aliphatic heterocycles. The maximum absolute atomic E-state index is 11.6. The van der Waals surface area contributed by atoms with E-state index in [1.165, 1.54) is 5.69 Å². The van der Waals surface area contributed by atoms with Crippen LogP contribution in [0.5, 0.6) is 0 Å². The van der Waals surface area contributed by atoms with Crippen molar-refractivity contribution in [3.8, 4) is 0 Å². The number of ketones is 1. The van der Waals surface area contributed by atoms with Gasteiger partial charge in [-0.25, -0.2) is 0 Å². The van der Waals surface area contributed by atoms with Crippen LogP contribution < -0.4 is 4.90 Å². The number of halogens is 1. The molecule has 1 aliphatic carbocycles. The van der Waals surface area contributed by atoms with Crippen molar-refractivity contribution in [3.05, 3.63) is 28.7 Å². The van der Waals surface area contributed by atoms with E-state index in [9.17, 15) is 4.79 Å². The number of carbonyl (C=O) groups is 1. The molecule has 0 N–H and O–H groups in total. The number of nitrogens with zero attached hydrogens (tertiary/aromatic N) is 1. The van der Waals surface area contributed by atoms with Crippen LogP contribution in [0.15, 0.2) is 28.7 Å². The van der Waals surface area contributed by atoms with Gasteiger partial charge in [0.1, 0.15) is 5.78 Å². The van der Waals surface area contributed by atoms with Gasteiger partial charge in [0.25, 0.3) is 0 Å². The average molecular weight is 310 g/mol. The lowest BCUT2D eigenvalue weighted by Crippen LogP contribution is -2.37. The van der Waals surface area contributed by atoms with Crippen LogP contribution in [-0.2, 0) is 4.79 Å². The summed E-state index contributed by atoms with van der Waals surface area (Å²) < 4.78 is 1.10. The van der Waals surface area contributed by atoms with Gasteiger partial charge in [0.2, 0.25) is 0 Å². The summed E-state index contributed by atoms with van der Waals surface area (Å²) in [5, 5.41) is 0. The quantitative estimate of drug-likeness (QED) is 0.840. The molecular formula is C15H20BrNO. The first-order valence-corrected chi connectivity index (χ1v) is 7.26. The number of Topliss-reactive ketones (excluding diaryl/α,β-unsaturated/α-hetero) is 1. The Morgan fingerprint density at radius 3 is 2.61 bits per heavy atom. The van der Waals surface area contributed by atoms with Gasteiger partial charge in [0.15, 0.2) is 0 Å². The van der Waals surface area contributed by atoms with Crippen LogP contribution in [0, 0.1) is 5.41 Å². The molecule has 0 radical (unpaired) electrons. The van der Waals surface area contributed by atoms with Crippen molar-refractivity contribution in [2.75, 3.05) is 18.5 Å². The largest absolute Gasteiger partial charge is 0.374 e. The number of anilines is 1. The van der Waals surface area contributed by atoms with Crippen LogP contribution >= 0.6 is 15.9 Å². The molecule has 0 unspecified atom stereocenters. The topological polar surface area (TPSA) is 20.3 Å². The van der Waals surface area contributed by atoms with Gasteiger partial charge in [-0.1, -0.05) is 22.9 Å². The molecule has 0 heterocycles. The molecule has 3 heteroatoms.